The molecule has 1 aliphatic carbocycles. The van der Waals surface area contributed by atoms with Gasteiger partial charge in [0.25, 0.3) is 10.0 Å². The summed E-state index contributed by atoms with van der Waals surface area (Å²) in [5, 5.41) is 0.461. The van der Waals surface area contributed by atoms with Crippen LogP contribution < -0.4 is 0 Å². The molecule has 0 bridgehead atoms. The first-order chi connectivity index (χ1) is 9.98. The standard InChI is InChI=1S/C13H18BrClN2O2S2/c14-13-11(15)9-12(20-13)21(18,19)17-7-5-16(6-8-17)10-3-1-2-4-10/h9-10H,1-8H2. The van der Waals surface area contributed by atoms with Gasteiger partial charge in [-0.15, -0.1) is 11.3 Å². The monoisotopic (exact) mass is 412 g/mol. The molecule has 1 aromatic heterocycles. The number of nitrogens with zero attached hydrogens (tertiary/aromatic N) is 2. The zero-order valence-electron chi connectivity index (χ0n) is 11.6. The van der Waals surface area contributed by atoms with Crippen LogP contribution in [0.2, 0.25) is 5.02 Å². The van der Waals surface area contributed by atoms with Crippen LogP contribution >= 0.6 is 38.9 Å². The molecule has 21 heavy (non-hydrogen) atoms. The quantitative estimate of drug-likeness (QED) is 0.762. The minimum absolute atomic E-state index is 0.327. The van der Waals surface area contributed by atoms with E-state index in [9.17, 15) is 8.42 Å². The second kappa shape index (κ2) is 6.45. The summed E-state index contributed by atoms with van der Waals surface area (Å²) in [7, 11) is -3.40. The third-order valence-corrected chi connectivity index (χ3v) is 9.15. The molecule has 0 N–H and O–H groups in total. The van der Waals surface area contributed by atoms with E-state index >= 15 is 0 Å². The van der Waals surface area contributed by atoms with Crippen LogP contribution in [-0.2, 0) is 10.0 Å². The zero-order chi connectivity index (χ0) is 15.0. The Bertz CT molecular complexity index is 586. The Morgan fingerprint density at radius 3 is 2.33 bits per heavy atom. The maximum Gasteiger partial charge on any atom is 0.252 e. The Morgan fingerprint density at radius 2 is 1.81 bits per heavy atom. The van der Waals surface area contributed by atoms with E-state index in [0.717, 1.165) is 13.1 Å². The molecule has 0 radical (unpaired) electrons. The van der Waals surface area contributed by atoms with Crippen LogP contribution in [-0.4, -0.2) is 49.8 Å². The molecule has 2 aliphatic rings. The number of halogens is 2. The van der Waals surface area contributed by atoms with Crippen molar-refractivity contribution in [3.63, 3.8) is 0 Å². The summed E-state index contributed by atoms with van der Waals surface area (Å²) in [6.45, 7) is 2.83. The number of hydrogen-bond donors (Lipinski definition) is 0. The average molecular weight is 414 g/mol. The van der Waals surface area contributed by atoms with E-state index in [0.29, 0.717) is 32.1 Å². The molecule has 0 unspecified atom stereocenters. The summed E-state index contributed by atoms with van der Waals surface area (Å²) in [6.07, 6.45) is 5.15. The van der Waals surface area contributed by atoms with Crippen molar-refractivity contribution in [3.05, 3.63) is 14.9 Å². The van der Waals surface area contributed by atoms with Crippen molar-refractivity contribution >= 4 is 48.9 Å². The summed E-state index contributed by atoms with van der Waals surface area (Å²) in [4.78, 5) is 2.45. The van der Waals surface area contributed by atoms with Gasteiger partial charge in [-0.05, 0) is 34.8 Å². The predicted octanol–water partition coefficient (Wildman–Crippen LogP) is 3.41. The van der Waals surface area contributed by atoms with Gasteiger partial charge in [0, 0.05) is 32.2 Å². The zero-order valence-corrected chi connectivity index (χ0v) is 15.6. The Hall–Kier alpha value is 0.340. The van der Waals surface area contributed by atoms with Gasteiger partial charge in [-0.25, -0.2) is 8.42 Å². The van der Waals surface area contributed by atoms with E-state index in [1.165, 1.54) is 43.1 Å². The van der Waals surface area contributed by atoms with E-state index in [1.54, 1.807) is 4.31 Å². The van der Waals surface area contributed by atoms with E-state index in [4.69, 9.17) is 11.6 Å². The summed E-state index contributed by atoms with van der Waals surface area (Å²) >= 11 is 10.4. The molecule has 2 fully saturated rings. The maximum atomic E-state index is 12.6. The van der Waals surface area contributed by atoms with Crippen LogP contribution in [0.1, 0.15) is 25.7 Å². The van der Waals surface area contributed by atoms with Crippen LogP contribution in [0.15, 0.2) is 14.1 Å². The summed E-state index contributed by atoms with van der Waals surface area (Å²) in [5.74, 6) is 0. The molecule has 4 nitrogen and oxygen atoms in total. The summed E-state index contributed by atoms with van der Waals surface area (Å²) < 4.78 is 27.8. The Kier molecular flexibility index (Phi) is 4.98. The summed E-state index contributed by atoms with van der Waals surface area (Å²) in [6, 6.07) is 2.20. The highest BCUT2D eigenvalue weighted by atomic mass is 79.9. The average Bonchev–Trinajstić information content (AvgIpc) is 3.10. The highest BCUT2D eigenvalue weighted by Gasteiger charge is 2.33. The topological polar surface area (TPSA) is 40.6 Å². The fourth-order valence-corrected chi connectivity index (χ4v) is 7.14. The van der Waals surface area contributed by atoms with Gasteiger partial charge in [0.05, 0.1) is 8.81 Å². The predicted molar refractivity (Wildman–Crippen MR) is 89.6 cm³/mol. The number of rotatable bonds is 3. The van der Waals surface area contributed by atoms with Crippen molar-refractivity contribution in [2.75, 3.05) is 26.2 Å². The number of thiophene rings is 1. The smallest absolute Gasteiger partial charge is 0.252 e. The lowest BCUT2D eigenvalue weighted by atomic mass is 10.2. The van der Waals surface area contributed by atoms with E-state index in [1.807, 2.05) is 0 Å². The first-order valence-electron chi connectivity index (χ1n) is 7.17. The first kappa shape index (κ1) is 16.2. The fraction of sp³-hybridized carbons (Fsp3) is 0.692. The lowest BCUT2D eigenvalue weighted by molar-refractivity contribution is 0.139. The maximum absolute atomic E-state index is 12.6. The largest absolute Gasteiger partial charge is 0.298 e. The molecule has 1 aliphatic heterocycles. The SMILES string of the molecule is O=S(=O)(c1cc(Cl)c(Br)s1)N1CCN(C2CCCC2)CC1. The molecule has 0 spiro atoms. The fourth-order valence-electron chi connectivity index (χ4n) is 3.16. The van der Waals surface area contributed by atoms with Gasteiger partial charge in [-0.2, -0.15) is 4.31 Å². The molecule has 1 saturated heterocycles. The van der Waals surface area contributed by atoms with E-state index in [-0.39, 0.29) is 0 Å². The van der Waals surface area contributed by atoms with Crippen molar-refractivity contribution < 1.29 is 8.42 Å². The van der Waals surface area contributed by atoms with E-state index in [2.05, 4.69) is 20.8 Å². The highest BCUT2D eigenvalue weighted by Crippen LogP contribution is 2.36. The van der Waals surface area contributed by atoms with Gasteiger partial charge in [-0.3, -0.25) is 4.90 Å². The Labute approximate surface area is 143 Å². The highest BCUT2D eigenvalue weighted by molar-refractivity contribution is 9.11. The second-order valence-corrected chi connectivity index (χ2v) is 10.5. The number of hydrogen-bond acceptors (Lipinski definition) is 4. The Morgan fingerprint density at radius 1 is 1.19 bits per heavy atom. The lowest BCUT2D eigenvalue weighted by Crippen LogP contribution is -2.51. The van der Waals surface area contributed by atoms with E-state index < -0.39 is 10.0 Å². The molecular formula is C13H18BrClN2O2S2. The molecule has 0 atom stereocenters. The van der Waals surface area contributed by atoms with Gasteiger partial charge < -0.3 is 0 Å². The van der Waals surface area contributed by atoms with Gasteiger partial charge in [0.1, 0.15) is 4.21 Å². The van der Waals surface area contributed by atoms with Crippen molar-refractivity contribution in [1.82, 2.24) is 9.21 Å². The number of sulfonamides is 1. The molecule has 3 rings (SSSR count). The molecule has 8 heteroatoms. The van der Waals surface area contributed by atoms with Crippen molar-refractivity contribution in [3.8, 4) is 0 Å². The second-order valence-electron chi connectivity index (χ2n) is 5.57. The first-order valence-corrected chi connectivity index (χ1v) is 10.6. The molecule has 1 aromatic rings. The normalized spacial score (nSPS) is 23.0. The lowest BCUT2D eigenvalue weighted by Gasteiger charge is -2.37. The minimum atomic E-state index is -3.40. The van der Waals surface area contributed by atoms with Gasteiger partial charge in [0.15, 0.2) is 0 Å². The third kappa shape index (κ3) is 3.33. The summed E-state index contributed by atoms with van der Waals surface area (Å²) in [5.41, 5.74) is 0. The molecule has 0 amide bonds. The van der Waals surface area contributed by atoms with Crippen LogP contribution in [0.25, 0.3) is 0 Å². The molecule has 0 aromatic carbocycles. The molecule has 1 saturated carbocycles. The van der Waals surface area contributed by atoms with Gasteiger partial charge in [0.2, 0.25) is 0 Å². The molecular weight excluding hydrogens is 396 g/mol. The molecule has 2 heterocycles. The Balaban J connectivity index is 1.68. The van der Waals surface area contributed by atoms with Crippen LogP contribution in [0.4, 0.5) is 0 Å². The molecule has 118 valence electrons. The van der Waals surface area contributed by atoms with Crippen LogP contribution in [0, 0.1) is 0 Å². The van der Waals surface area contributed by atoms with Gasteiger partial charge >= 0.3 is 0 Å². The van der Waals surface area contributed by atoms with Gasteiger partial charge in [-0.1, -0.05) is 24.4 Å². The minimum Gasteiger partial charge on any atom is -0.298 e. The third-order valence-electron chi connectivity index (χ3n) is 4.33. The van der Waals surface area contributed by atoms with Crippen LogP contribution in [0.5, 0.6) is 0 Å². The number of piperazine rings is 1. The van der Waals surface area contributed by atoms with Crippen molar-refractivity contribution in [1.29, 1.82) is 0 Å². The van der Waals surface area contributed by atoms with Crippen molar-refractivity contribution in [2.45, 2.75) is 35.9 Å². The van der Waals surface area contributed by atoms with Crippen molar-refractivity contribution in [2.24, 2.45) is 0 Å². The van der Waals surface area contributed by atoms with Crippen LogP contribution in [0.3, 0.4) is 0 Å².